The van der Waals surface area contributed by atoms with Crippen LogP contribution in [0.5, 0.6) is 0 Å². The van der Waals surface area contributed by atoms with Crippen LogP contribution in [0, 0.1) is 0 Å². The normalized spacial score (nSPS) is 17.5. The number of benzene rings is 2. The summed E-state index contributed by atoms with van der Waals surface area (Å²) in [6, 6.07) is 15.0. The fourth-order valence-electron chi connectivity index (χ4n) is 3.69. The highest BCUT2D eigenvalue weighted by Crippen LogP contribution is 2.28. The Bertz CT molecular complexity index is 849. The number of halogens is 1. The lowest BCUT2D eigenvalue weighted by molar-refractivity contribution is 0.335. The van der Waals surface area contributed by atoms with E-state index in [4.69, 9.17) is 0 Å². The van der Waals surface area contributed by atoms with E-state index in [1.807, 2.05) is 24.3 Å². The van der Waals surface area contributed by atoms with Crippen molar-refractivity contribution in [2.24, 2.45) is 0 Å². The van der Waals surface area contributed by atoms with Gasteiger partial charge in [0.1, 0.15) is 0 Å². The van der Waals surface area contributed by atoms with Gasteiger partial charge in [0.2, 0.25) is 0 Å². The van der Waals surface area contributed by atoms with Crippen LogP contribution < -0.4 is 4.72 Å². The molecule has 154 valence electrons. The standard InChI is InChI=1S/C22H30N2O2S.ClH/c1-4-14-24-15-13-20(16-24)19-5-9-21(10-6-19)23-27(25,26)22-11-7-18(8-12-22)17(2)3;/h5-12,17,20,23H,4,13-16H2,1-3H3;1H/t20-;/m0./s1. The van der Waals surface area contributed by atoms with Gasteiger partial charge in [-0.1, -0.05) is 45.0 Å². The van der Waals surface area contributed by atoms with Crippen LogP contribution in [-0.4, -0.2) is 33.0 Å². The summed E-state index contributed by atoms with van der Waals surface area (Å²) >= 11 is 0. The van der Waals surface area contributed by atoms with Gasteiger partial charge in [0, 0.05) is 12.2 Å². The van der Waals surface area contributed by atoms with E-state index < -0.39 is 10.0 Å². The van der Waals surface area contributed by atoms with Crippen LogP contribution in [0.2, 0.25) is 0 Å². The maximum atomic E-state index is 12.6. The first-order valence-corrected chi connectivity index (χ1v) is 11.3. The molecule has 0 radical (unpaired) electrons. The summed E-state index contributed by atoms with van der Waals surface area (Å²) in [5, 5.41) is 0. The fraction of sp³-hybridized carbons (Fsp3) is 0.455. The molecule has 0 bridgehead atoms. The Hall–Kier alpha value is -1.56. The number of hydrogen-bond donors (Lipinski definition) is 1. The number of sulfonamides is 1. The minimum atomic E-state index is -3.56. The fourth-order valence-corrected chi connectivity index (χ4v) is 4.75. The molecule has 1 heterocycles. The van der Waals surface area contributed by atoms with Crippen LogP contribution >= 0.6 is 12.4 Å². The van der Waals surface area contributed by atoms with Gasteiger partial charge >= 0.3 is 0 Å². The largest absolute Gasteiger partial charge is 0.303 e. The zero-order valence-electron chi connectivity index (χ0n) is 16.9. The van der Waals surface area contributed by atoms with E-state index in [1.54, 1.807) is 12.1 Å². The van der Waals surface area contributed by atoms with E-state index in [9.17, 15) is 8.42 Å². The average Bonchev–Trinajstić information content (AvgIpc) is 3.11. The average molecular weight is 423 g/mol. The molecule has 2 aromatic rings. The maximum Gasteiger partial charge on any atom is 0.261 e. The van der Waals surface area contributed by atoms with Gasteiger partial charge in [-0.25, -0.2) is 8.42 Å². The molecule has 0 spiro atoms. The first kappa shape index (κ1) is 22.7. The summed E-state index contributed by atoms with van der Waals surface area (Å²) in [5.74, 6) is 0.928. The number of anilines is 1. The Balaban J connectivity index is 0.00000280. The second kappa shape index (κ2) is 9.77. The third-order valence-corrected chi connectivity index (χ3v) is 6.70. The van der Waals surface area contributed by atoms with Gasteiger partial charge in [0.15, 0.2) is 0 Å². The summed E-state index contributed by atoms with van der Waals surface area (Å²) in [7, 11) is -3.56. The molecule has 2 aromatic carbocycles. The van der Waals surface area contributed by atoms with Gasteiger partial charge in [-0.3, -0.25) is 4.72 Å². The van der Waals surface area contributed by atoms with E-state index in [0.717, 1.165) is 25.2 Å². The molecule has 0 amide bonds. The number of rotatable bonds is 7. The highest BCUT2D eigenvalue weighted by Gasteiger charge is 2.23. The Morgan fingerprint density at radius 2 is 1.71 bits per heavy atom. The Labute approximate surface area is 175 Å². The monoisotopic (exact) mass is 422 g/mol. The molecule has 1 atom stereocenters. The third kappa shape index (κ3) is 5.49. The molecule has 6 heteroatoms. The zero-order valence-corrected chi connectivity index (χ0v) is 18.5. The highest BCUT2D eigenvalue weighted by molar-refractivity contribution is 7.92. The first-order chi connectivity index (χ1) is 12.9. The first-order valence-electron chi connectivity index (χ1n) is 9.84. The third-order valence-electron chi connectivity index (χ3n) is 5.30. The Kier molecular flexibility index (Phi) is 7.93. The molecule has 0 aliphatic carbocycles. The van der Waals surface area contributed by atoms with Gasteiger partial charge in [-0.15, -0.1) is 12.4 Å². The Morgan fingerprint density at radius 3 is 2.29 bits per heavy atom. The van der Waals surface area contributed by atoms with Gasteiger partial charge in [-0.05, 0) is 73.2 Å². The van der Waals surface area contributed by atoms with Crippen molar-refractivity contribution in [2.45, 2.75) is 50.3 Å². The van der Waals surface area contributed by atoms with Gasteiger partial charge < -0.3 is 4.90 Å². The summed E-state index contributed by atoms with van der Waals surface area (Å²) in [6.45, 7) is 9.80. The minimum Gasteiger partial charge on any atom is -0.303 e. The van der Waals surface area contributed by atoms with Crippen LogP contribution in [-0.2, 0) is 10.0 Å². The van der Waals surface area contributed by atoms with E-state index in [0.29, 0.717) is 22.4 Å². The van der Waals surface area contributed by atoms with Gasteiger partial charge in [0.05, 0.1) is 4.90 Å². The van der Waals surface area contributed by atoms with Gasteiger partial charge in [0.25, 0.3) is 10.0 Å². The van der Waals surface area contributed by atoms with E-state index >= 15 is 0 Å². The predicted molar refractivity (Wildman–Crippen MR) is 119 cm³/mol. The molecule has 0 saturated carbocycles. The molecule has 28 heavy (non-hydrogen) atoms. The molecular weight excluding hydrogens is 392 g/mol. The minimum absolute atomic E-state index is 0. The van der Waals surface area contributed by atoms with E-state index in [1.165, 1.54) is 18.4 Å². The lowest BCUT2D eigenvalue weighted by Gasteiger charge is -2.15. The lowest BCUT2D eigenvalue weighted by atomic mass is 9.98. The summed E-state index contributed by atoms with van der Waals surface area (Å²) in [5.41, 5.74) is 3.03. The van der Waals surface area contributed by atoms with Crippen LogP contribution in [0.25, 0.3) is 0 Å². The molecule has 1 aliphatic rings. The van der Waals surface area contributed by atoms with Crippen molar-refractivity contribution in [2.75, 3.05) is 24.4 Å². The predicted octanol–water partition coefficient (Wildman–Crippen LogP) is 5.23. The molecule has 0 aromatic heterocycles. The van der Waals surface area contributed by atoms with Crippen LogP contribution in [0.15, 0.2) is 53.4 Å². The van der Waals surface area contributed by atoms with Crippen molar-refractivity contribution >= 4 is 28.1 Å². The summed E-state index contributed by atoms with van der Waals surface area (Å²) < 4.78 is 27.9. The van der Waals surface area contributed by atoms with Crippen LogP contribution in [0.4, 0.5) is 5.69 Å². The Morgan fingerprint density at radius 1 is 1.07 bits per heavy atom. The number of hydrogen-bond acceptors (Lipinski definition) is 3. The summed E-state index contributed by atoms with van der Waals surface area (Å²) in [4.78, 5) is 2.80. The van der Waals surface area contributed by atoms with Gasteiger partial charge in [-0.2, -0.15) is 0 Å². The van der Waals surface area contributed by atoms with Crippen LogP contribution in [0.1, 0.15) is 56.6 Å². The van der Waals surface area contributed by atoms with Crippen molar-refractivity contribution in [3.05, 3.63) is 59.7 Å². The number of likely N-dealkylation sites (tertiary alicyclic amines) is 1. The second-order valence-corrected chi connectivity index (χ2v) is 9.42. The molecule has 0 unspecified atom stereocenters. The second-order valence-electron chi connectivity index (χ2n) is 7.74. The van der Waals surface area contributed by atoms with E-state index in [-0.39, 0.29) is 12.4 Å². The van der Waals surface area contributed by atoms with E-state index in [2.05, 4.69) is 42.5 Å². The molecule has 1 aliphatic heterocycles. The molecule has 1 saturated heterocycles. The molecule has 1 fully saturated rings. The number of nitrogens with zero attached hydrogens (tertiary/aromatic N) is 1. The van der Waals surface area contributed by atoms with Crippen molar-refractivity contribution < 1.29 is 8.42 Å². The van der Waals surface area contributed by atoms with Crippen LogP contribution in [0.3, 0.4) is 0 Å². The van der Waals surface area contributed by atoms with Crippen molar-refractivity contribution in [3.8, 4) is 0 Å². The smallest absolute Gasteiger partial charge is 0.261 e. The molecule has 1 N–H and O–H groups in total. The highest BCUT2D eigenvalue weighted by atomic mass is 35.5. The molecule has 3 rings (SSSR count). The molecular formula is C22H31ClN2O2S. The summed E-state index contributed by atoms with van der Waals surface area (Å²) in [6.07, 6.45) is 2.36. The SMILES string of the molecule is CCCN1CC[C@H](c2ccc(NS(=O)(=O)c3ccc(C(C)C)cc3)cc2)C1.Cl. The lowest BCUT2D eigenvalue weighted by Crippen LogP contribution is -2.20. The topological polar surface area (TPSA) is 49.4 Å². The van der Waals surface area contributed by atoms with Crippen molar-refractivity contribution in [1.29, 1.82) is 0 Å². The maximum absolute atomic E-state index is 12.6. The van der Waals surface area contributed by atoms with Crippen molar-refractivity contribution in [1.82, 2.24) is 4.90 Å². The zero-order chi connectivity index (χ0) is 19.4. The molecule has 4 nitrogen and oxygen atoms in total. The van der Waals surface area contributed by atoms with Crippen molar-refractivity contribution in [3.63, 3.8) is 0 Å². The quantitative estimate of drug-likeness (QED) is 0.664. The number of nitrogens with one attached hydrogen (secondary N) is 1.